The molecule has 0 fully saturated rings. The lowest BCUT2D eigenvalue weighted by atomic mass is 10.2. The molecule has 0 saturated carbocycles. The molecule has 1 amide bonds. The van der Waals surface area contributed by atoms with Crippen LogP contribution in [0.15, 0.2) is 84.0 Å². The largest absolute Gasteiger partial charge is 0.427 e. The highest BCUT2D eigenvalue weighted by Crippen LogP contribution is 2.08. The summed E-state index contributed by atoms with van der Waals surface area (Å²) in [4.78, 5) is 16.6. The predicted molar refractivity (Wildman–Crippen MR) is 90.9 cm³/mol. The van der Waals surface area contributed by atoms with Crippen LogP contribution in [0.25, 0.3) is 0 Å². The fraction of sp³-hybridized carbons (Fsp3) is 0.0526. The van der Waals surface area contributed by atoms with Crippen LogP contribution < -0.4 is 10.8 Å². The zero-order chi connectivity index (χ0) is 16.8. The Labute approximate surface area is 139 Å². The maximum atomic E-state index is 12.3. The highest BCUT2D eigenvalue weighted by atomic mass is 16.5. The third-order valence-electron chi connectivity index (χ3n) is 3.47. The maximum absolute atomic E-state index is 12.3. The van der Waals surface area contributed by atoms with Gasteiger partial charge in [0.15, 0.2) is 5.49 Å². The Bertz CT molecular complexity index is 887. The minimum absolute atomic E-state index is 0.219. The van der Waals surface area contributed by atoms with Crippen LogP contribution in [0.3, 0.4) is 0 Å². The van der Waals surface area contributed by atoms with Crippen molar-refractivity contribution in [2.45, 2.75) is 6.54 Å². The quantitative estimate of drug-likeness (QED) is 0.726. The van der Waals surface area contributed by atoms with Gasteiger partial charge < -0.3 is 10.5 Å². The molecule has 2 aromatic carbocycles. The summed E-state index contributed by atoms with van der Waals surface area (Å²) in [7, 11) is 0. The first-order valence-electron chi connectivity index (χ1n) is 7.56. The van der Waals surface area contributed by atoms with Crippen LogP contribution >= 0.6 is 0 Å². The molecule has 0 aliphatic rings. The summed E-state index contributed by atoms with van der Waals surface area (Å²) >= 11 is 0. The molecule has 0 unspecified atom stereocenters. The van der Waals surface area contributed by atoms with Gasteiger partial charge in [0.2, 0.25) is 0 Å². The van der Waals surface area contributed by atoms with E-state index >= 15 is 0 Å². The number of carbonyl (C=O) groups excluding carboxylic acids is 1. The van der Waals surface area contributed by atoms with E-state index in [4.69, 9.17) is 0 Å². The number of nitrogens with one attached hydrogen (secondary N) is 1. The Morgan fingerprint density at radius 1 is 1.00 bits per heavy atom. The molecule has 0 radical (unpaired) electrons. The van der Waals surface area contributed by atoms with Gasteiger partial charge in [0.25, 0.3) is 5.91 Å². The number of pyridine rings is 1. The highest BCUT2D eigenvalue weighted by molar-refractivity contribution is 5.93. The lowest BCUT2D eigenvalue weighted by Gasteiger charge is -2.06. The van der Waals surface area contributed by atoms with Gasteiger partial charge in [0.1, 0.15) is 0 Å². The molecule has 5 nitrogen and oxygen atoms in total. The van der Waals surface area contributed by atoms with Crippen molar-refractivity contribution in [3.63, 3.8) is 0 Å². The summed E-state index contributed by atoms with van der Waals surface area (Å²) in [6.45, 7) is 0.443. The second kappa shape index (κ2) is 7.28. The van der Waals surface area contributed by atoms with Crippen LogP contribution in [0, 0.1) is 0 Å². The van der Waals surface area contributed by atoms with Gasteiger partial charge in [-0.1, -0.05) is 48.5 Å². The first kappa shape index (κ1) is 15.6. The van der Waals surface area contributed by atoms with Gasteiger partial charge in [-0.25, -0.2) is 4.99 Å². The monoisotopic (exact) mass is 319 g/mol. The molecule has 24 heavy (non-hydrogen) atoms. The number of benzene rings is 2. The fourth-order valence-electron chi connectivity index (χ4n) is 2.22. The molecular formula is C19H17N3O2. The van der Waals surface area contributed by atoms with Gasteiger partial charge in [-0.15, -0.1) is 0 Å². The summed E-state index contributed by atoms with van der Waals surface area (Å²) in [5.41, 5.74) is 2.44. The Balaban J connectivity index is 1.80. The van der Waals surface area contributed by atoms with E-state index in [9.17, 15) is 10.0 Å². The molecule has 0 aliphatic carbocycles. The molecule has 0 atom stereocenters. The second-order valence-electron chi connectivity index (χ2n) is 5.23. The van der Waals surface area contributed by atoms with Crippen molar-refractivity contribution in [3.8, 4) is 0 Å². The summed E-state index contributed by atoms with van der Waals surface area (Å²) in [5, 5.41) is 12.7. The van der Waals surface area contributed by atoms with Crippen molar-refractivity contribution in [1.82, 2.24) is 10.0 Å². The molecule has 1 aromatic heterocycles. The molecule has 2 N–H and O–H groups in total. The number of aromatic nitrogens is 1. The summed E-state index contributed by atoms with van der Waals surface area (Å²) in [6, 6.07) is 22.0. The van der Waals surface area contributed by atoms with Gasteiger partial charge in [-0.05, 0) is 29.8 Å². The number of nitrogens with zero attached hydrogens (tertiary/aromatic N) is 2. The van der Waals surface area contributed by atoms with Crippen molar-refractivity contribution in [2.24, 2.45) is 4.99 Å². The van der Waals surface area contributed by atoms with E-state index < -0.39 is 0 Å². The normalized spacial score (nSPS) is 11.2. The molecule has 3 aromatic rings. The van der Waals surface area contributed by atoms with Gasteiger partial charge in [0, 0.05) is 18.3 Å². The minimum Gasteiger partial charge on any atom is -0.427 e. The Morgan fingerprint density at radius 2 is 1.67 bits per heavy atom. The van der Waals surface area contributed by atoms with Crippen LogP contribution in [-0.4, -0.2) is 15.8 Å². The van der Waals surface area contributed by atoms with Crippen molar-refractivity contribution >= 4 is 11.6 Å². The van der Waals surface area contributed by atoms with Crippen LogP contribution in [0.5, 0.6) is 0 Å². The number of hydrogen-bond acceptors (Lipinski definition) is 3. The molecule has 120 valence electrons. The van der Waals surface area contributed by atoms with Gasteiger partial charge in [0.05, 0.1) is 5.69 Å². The molecule has 1 heterocycles. The van der Waals surface area contributed by atoms with Crippen molar-refractivity contribution < 1.29 is 10.0 Å². The van der Waals surface area contributed by atoms with Crippen molar-refractivity contribution in [3.05, 3.63) is 95.6 Å². The predicted octanol–water partition coefficient (Wildman–Crippen LogP) is 2.89. The van der Waals surface area contributed by atoms with Crippen LogP contribution in [-0.2, 0) is 6.54 Å². The average Bonchev–Trinajstić information content (AvgIpc) is 2.63. The molecule has 3 rings (SSSR count). The Kier molecular flexibility index (Phi) is 4.72. The van der Waals surface area contributed by atoms with Crippen LogP contribution in [0.4, 0.5) is 5.69 Å². The smallest absolute Gasteiger partial charge is 0.251 e. The molecule has 5 heteroatoms. The minimum atomic E-state index is -0.219. The third kappa shape index (κ3) is 3.89. The topological polar surface area (TPSA) is 66.6 Å². The van der Waals surface area contributed by atoms with E-state index in [0.717, 1.165) is 10.3 Å². The molecule has 0 bridgehead atoms. The Hall–Kier alpha value is -3.34. The van der Waals surface area contributed by atoms with Crippen molar-refractivity contribution in [2.75, 3.05) is 0 Å². The second-order valence-corrected chi connectivity index (χ2v) is 5.23. The van der Waals surface area contributed by atoms with E-state index in [1.165, 1.54) is 6.20 Å². The first-order chi connectivity index (χ1) is 11.7. The van der Waals surface area contributed by atoms with Gasteiger partial charge >= 0.3 is 0 Å². The molecule has 0 aliphatic heterocycles. The zero-order valence-corrected chi connectivity index (χ0v) is 13.0. The molecular weight excluding hydrogens is 302 g/mol. The van der Waals surface area contributed by atoms with Crippen molar-refractivity contribution in [1.29, 1.82) is 0 Å². The fourth-order valence-corrected chi connectivity index (χ4v) is 2.22. The van der Waals surface area contributed by atoms with E-state index in [2.05, 4.69) is 10.3 Å². The number of amides is 1. The number of carbonyl (C=O) groups is 1. The first-order valence-corrected chi connectivity index (χ1v) is 7.56. The number of rotatable bonds is 4. The molecule has 0 spiro atoms. The van der Waals surface area contributed by atoms with Crippen LogP contribution in [0.2, 0.25) is 0 Å². The molecule has 0 saturated heterocycles. The zero-order valence-electron chi connectivity index (χ0n) is 13.0. The van der Waals surface area contributed by atoms with E-state index in [0.29, 0.717) is 17.8 Å². The Morgan fingerprint density at radius 3 is 2.38 bits per heavy atom. The third-order valence-corrected chi connectivity index (χ3v) is 3.47. The van der Waals surface area contributed by atoms with E-state index in [1.807, 2.05) is 60.7 Å². The van der Waals surface area contributed by atoms with Crippen LogP contribution in [0.1, 0.15) is 15.9 Å². The summed E-state index contributed by atoms with van der Waals surface area (Å²) in [6.07, 6.45) is 1.40. The lowest BCUT2D eigenvalue weighted by Crippen LogP contribution is -2.26. The maximum Gasteiger partial charge on any atom is 0.251 e. The number of hydrogen-bond donors (Lipinski definition) is 2. The average molecular weight is 319 g/mol. The summed E-state index contributed by atoms with van der Waals surface area (Å²) in [5.74, 6) is -0.219. The van der Waals surface area contributed by atoms with Gasteiger partial charge in [-0.2, -0.15) is 4.73 Å². The van der Waals surface area contributed by atoms with E-state index in [1.54, 1.807) is 12.1 Å². The van der Waals surface area contributed by atoms with E-state index in [-0.39, 0.29) is 11.4 Å². The summed E-state index contributed by atoms with van der Waals surface area (Å²) < 4.78 is 0.890. The lowest BCUT2D eigenvalue weighted by molar-refractivity contribution is 0.0949. The number of para-hydroxylation sites is 1. The van der Waals surface area contributed by atoms with Gasteiger partial charge in [-0.3, -0.25) is 4.79 Å². The SMILES string of the molecule is O=C(NCc1ccccc1)c1ccn(O)c(=Nc2ccccc2)c1. The highest BCUT2D eigenvalue weighted by Gasteiger charge is 2.06. The standard InChI is InChI=1S/C19H17N3O2/c23-19(20-14-15-7-3-1-4-8-15)16-11-12-22(24)18(13-16)21-17-9-5-2-6-10-17/h1-13,24H,14H2,(H,20,23).